The van der Waals surface area contributed by atoms with E-state index in [2.05, 4.69) is 67.2 Å². The van der Waals surface area contributed by atoms with Crippen molar-refractivity contribution in [1.82, 2.24) is 20.2 Å². The molecule has 0 radical (unpaired) electrons. The molecule has 2 atom stereocenters. The van der Waals surface area contributed by atoms with Crippen LogP contribution in [0.25, 0.3) is 22.5 Å². The molecule has 2 amide bonds. The van der Waals surface area contributed by atoms with E-state index in [-0.39, 0.29) is 23.7 Å². The van der Waals surface area contributed by atoms with Gasteiger partial charge < -0.3 is 15.3 Å². The summed E-state index contributed by atoms with van der Waals surface area (Å²) >= 11 is 1.41. The Labute approximate surface area is 299 Å². The predicted molar refractivity (Wildman–Crippen MR) is 198 cm³/mol. The zero-order valence-corrected chi connectivity index (χ0v) is 30.3. The Hall–Kier alpha value is -4.37. The van der Waals surface area contributed by atoms with Gasteiger partial charge in [0.1, 0.15) is 12.1 Å². The highest BCUT2D eigenvalue weighted by Gasteiger charge is 2.38. The van der Waals surface area contributed by atoms with Crippen LogP contribution in [0.5, 0.6) is 0 Å². The number of nitrogens with zero attached hydrogens (tertiary/aromatic N) is 3. The molecule has 3 heterocycles. The molecule has 2 fully saturated rings. The van der Waals surface area contributed by atoms with E-state index >= 15 is 0 Å². The topological polar surface area (TPSA) is 112 Å². The largest absolute Gasteiger partial charge is 0.480 e. The molecular formula is C41H48N4O4S. The summed E-state index contributed by atoms with van der Waals surface area (Å²) in [6.45, 7) is 8.92. The molecule has 50 heavy (non-hydrogen) atoms. The summed E-state index contributed by atoms with van der Waals surface area (Å²) in [6, 6.07) is 18.4. The number of carbonyl (C=O) groups is 3. The van der Waals surface area contributed by atoms with E-state index in [1.807, 2.05) is 42.7 Å². The van der Waals surface area contributed by atoms with Gasteiger partial charge in [-0.15, -0.1) is 11.3 Å². The van der Waals surface area contributed by atoms with Crippen molar-refractivity contribution in [2.24, 2.45) is 5.92 Å². The Morgan fingerprint density at radius 3 is 2.14 bits per heavy atom. The molecule has 262 valence electrons. The minimum absolute atomic E-state index is 0.104. The molecule has 1 aliphatic carbocycles. The first-order valence-electron chi connectivity index (χ1n) is 18.0. The number of hydrogen-bond donors (Lipinski definition) is 2. The number of carboxylic acids is 1. The Kier molecular flexibility index (Phi) is 10.8. The highest BCUT2D eigenvalue weighted by molar-refractivity contribution is 7.14. The van der Waals surface area contributed by atoms with Crippen LogP contribution in [0.1, 0.15) is 104 Å². The summed E-state index contributed by atoms with van der Waals surface area (Å²) in [5, 5.41) is 12.7. The van der Waals surface area contributed by atoms with Gasteiger partial charge in [-0.25, -0.2) is 14.8 Å². The highest BCUT2D eigenvalue weighted by atomic mass is 32.1. The second-order valence-electron chi connectivity index (χ2n) is 14.9. The average Bonchev–Trinajstić information content (AvgIpc) is 3.83. The lowest BCUT2D eigenvalue weighted by Crippen LogP contribution is -2.52. The van der Waals surface area contributed by atoms with Gasteiger partial charge in [0.05, 0.1) is 4.88 Å². The zero-order valence-electron chi connectivity index (χ0n) is 29.5. The van der Waals surface area contributed by atoms with Gasteiger partial charge in [-0.05, 0) is 84.6 Å². The van der Waals surface area contributed by atoms with Crippen molar-refractivity contribution >= 4 is 29.1 Å². The third-order valence-electron chi connectivity index (χ3n) is 10.4. The van der Waals surface area contributed by atoms with Gasteiger partial charge in [0, 0.05) is 41.4 Å². The van der Waals surface area contributed by atoms with Gasteiger partial charge in [0.2, 0.25) is 5.91 Å². The van der Waals surface area contributed by atoms with Crippen LogP contribution in [0.4, 0.5) is 0 Å². The maximum atomic E-state index is 13.8. The van der Waals surface area contributed by atoms with E-state index < -0.39 is 18.1 Å². The first-order valence-corrected chi connectivity index (χ1v) is 18.8. The monoisotopic (exact) mass is 692 g/mol. The van der Waals surface area contributed by atoms with Crippen molar-refractivity contribution in [2.75, 3.05) is 6.54 Å². The standard InChI is InChI=1S/C41H48N4O4S/c1-5-26-8-12-28(13-9-26)29-16-18-30(19-17-29)32-24-42-37(43-25-32)31-14-10-27(11-15-31)23-33(39(47)45-22-6-7-34(45)40(48)49)44-38(46)35-20-21-36(50-35)41(2,3)4/h10-11,14-21,24-26,28,33-34H,5-9,12-13,22-23H2,1-4H3,(H,44,46)(H,48,49)/t26-,28-,33-,34-/m0/s1. The van der Waals surface area contributed by atoms with Crippen molar-refractivity contribution in [3.05, 3.63) is 93.9 Å². The molecule has 4 aromatic rings. The Bertz CT molecular complexity index is 1790. The third-order valence-corrected chi connectivity index (χ3v) is 11.9. The van der Waals surface area contributed by atoms with Crippen molar-refractivity contribution in [3.63, 3.8) is 0 Å². The number of carboxylic acid groups (broad SMARTS) is 1. The van der Waals surface area contributed by atoms with Crippen LogP contribution in [-0.2, 0) is 21.4 Å². The summed E-state index contributed by atoms with van der Waals surface area (Å²) in [6.07, 6.45) is 11.4. The van der Waals surface area contributed by atoms with E-state index in [0.29, 0.717) is 36.0 Å². The van der Waals surface area contributed by atoms with Crippen LogP contribution in [0.15, 0.2) is 73.1 Å². The van der Waals surface area contributed by atoms with Crippen LogP contribution in [0.3, 0.4) is 0 Å². The molecular weight excluding hydrogens is 645 g/mol. The van der Waals surface area contributed by atoms with E-state index in [9.17, 15) is 19.5 Å². The minimum Gasteiger partial charge on any atom is -0.480 e. The molecule has 6 rings (SSSR count). The SMILES string of the molecule is CC[C@H]1CC[C@H](c2ccc(-c3cnc(-c4ccc(C[C@H](NC(=O)c5ccc(C(C)(C)C)s5)C(=O)N5CCC[C@H]5C(=O)O)cc4)nc3)cc2)CC1. The lowest BCUT2D eigenvalue weighted by Gasteiger charge is -2.28. The van der Waals surface area contributed by atoms with Crippen LogP contribution >= 0.6 is 11.3 Å². The minimum atomic E-state index is -1.02. The molecule has 1 saturated heterocycles. The van der Waals surface area contributed by atoms with Crippen LogP contribution < -0.4 is 5.32 Å². The highest BCUT2D eigenvalue weighted by Crippen LogP contribution is 2.37. The first-order chi connectivity index (χ1) is 24.0. The smallest absolute Gasteiger partial charge is 0.326 e. The van der Waals surface area contributed by atoms with E-state index in [1.165, 1.54) is 53.9 Å². The van der Waals surface area contributed by atoms with E-state index in [4.69, 9.17) is 0 Å². The normalized spacial score (nSPS) is 20.0. The molecule has 2 aliphatic rings. The van der Waals surface area contributed by atoms with Crippen molar-refractivity contribution in [1.29, 1.82) is 0 Å². The van der Waals surface area contributed by atoms with Crippen molar-refractivity contribution in [2.45, 2.75) is 102 Å². The van der Waals surface area contributed by atoms with Gasteiger partial charge in [0.15, 0.2) is 5.82 Å². The Balaban J connectivity index is 1.14. The molecule has 9 heteroatoms. The van der Waals surface area contributed by atoms with Crippen molar-refractivity contribution in [3.8, 4) is 22.5 Å². The number of carbonyl (C=O) groups excluding carboxylic acids is 2. The summed E-state index contributed by atoms with van der Waals surface area (Å²) in [5.74, 6) is 0.399. The number of benzene rings is 2. The number of likely N-dealkylation sites (tertiary alicyclic amines) is 1. The number of amides is 2. The summed E-state index contributed by atoms with van der Waals surface area (Å²) < 4.78 is 0. The molecule has 0 spiro atoms. The zero-order chi connectivity index (χ0) is 35.4. The first kappa shape index (κ1) is 35.5. The van der Waals surface area contributed by atoms with Gasteiger partial charge in [0.25, 0.3) is 5.91 Å². The summed E-state index contributed by atoms with van der Waals surface area (Å²) in [5.41, 5.74) is 5.05. The van der Waals surface area contributed by atoms with Crippen LogP contribution in [0.2, 0.25) is 0 Å². The summed E-state index contributed by atoms with van der Waals surface area (Å²) in [4.78, 5) is 51.4. The molecule has 2 aromatic heterocycles. The van der Waals surface area contributed by atoms with Gasteiger partial charge in [-0.2, -0.15) is 0 Å². The molecule has 0 unspecified atom stereocenters. The number of aromatic nitrogens is 2. The van der Waals surface area contributed by atoms with Crippen LogP contribution in [-0.4, -0.2) is 56.4 Å². The average molecular weight is 693 g/mol. The fourth-order valence-electron chi connectivity index (χ4n) is 7.28. The maximum Gasteiger partial charge on any atom is 0.326 e. The predicted octanol–water partition coefficient (Wildman–Crippen LogP) is 8.27. The fraction of sp³-hybridized carbons (Fsp3) is 0.439. The van der Waals surface area contributed by atoms with E-state index in [0.717, 1.165) is 33.0 Å². The number of aliphatic carboxylic acids is 1. The number of hydrogen-bond acceptors (Lipinski definition) is 6. The molecule has 2 aromatic carbocycles. The third kappa shape index (κ3) is 8.15. The van der Waals surface area contributed by atoms with Crippen molar-refractivity contribution < 1.29 is 19.5 Å². The van der Waals surface area contributed by atoms with Gasteiger partial charge in [-0.1, -0.05) is 82.6 Å². The molecule has 1 saturated carbocycles. The quantitative estimate of drug-likeness (QED) is 0.173. The van der Waals surface area contributed by atoms with Crippen LogP contribution in [0, 0.1) is 5.92 Å². The molecule has 0 bridgehead atoms. The fourth-order valence-corrected chi connectivity index (χ4v) is 8.25. The van der Waals surface area contributed by atoms with Gasteiger partial charge in [-0.3, -0.25) is 9.59 Å². The van der Waals surface area contributed by atoms with E-state index in [1.54, 1.807) is 6.07 Å². The lowest BCUT2D eigenvalue weighted by molar-refractivity contribution is -0.148. The lowest BCUT2D eigenvalue weighted by atomic mass is 9.78. The molecule has 1 aliphatic heterocycles. The Morgan fingerprint density at radius 2 is 1.54 bits per heavy atom. The second kappa shape index (κ2) is 15.3. The second-order valence-corrected chi connectivity index (χ2v) is 16.0. The maximum absolute atomic E-state index is 13.8. The number of rotatable bonds is 10. The number of thiophene rings is 1. The molecule has 8 nitrogen and oxygen atoms in total. The van der Waals surface area contributed by atoms with Gasteiger partial charge >= 0.3 is 5.97 Å². The Morgan fingerprint density at radius 1 is 0.880 bits per heavy atom. The molecule has 2 N–H and O–H groups in total. The summed E-state index contributed by atoms with van der Waals surface area (Å²) in [7, 11) is 0. The number of nitrogens with one attached hydrogen (secondary N) is 1.